The van der Waals surface area contributed by atoms with Crippen molar-refractivity contribution in [3.8, 4) is 0 Å². The van der Waals surface area contributed by atoms with E-state index >= 15 is 0 Å². The molecule has 7 heteroatoms. The SMILES string of the molecule is CCn1ccc2cc(C(=O)NC3CCN(c4nccc(C5CCOCC5)n4)C3)ccc21. The Bertz CT molecular complexity index is 1070. The van der Waals surface area contributed by atoms with Gasteiger partial charge in [-0.15, -0.1) is 0 Å². The van der Waals surface area contributed by atoms with E-state index in [0.29, 0.717) is 11.5 Å². The van der Waals surface area contributed by atoms with Crippen LogP contribution in [0.15, 0.2) is 42.7 Å². The van der Waals surface area contributed by atoms with E-state index in [0.717, 1.165) is 74.7 Å². The second-order valence-corrected chi connectivity index (χ2v) is 8.45. The summed E-state index contributed by atoms with van der Waals surface area (Å²) in [5, 5.41) is 4.30. The minimum Gasteiger partial charge on any atom is -0.381 e. The van der Waals surface area contributed by atoms with Gasteiger partial charge in [-0.1, -0.05) is 0 Å². The highest BCUT2D eigenvalue weighted by molar-refractivity contribution is 5.98. The molecule has 3 aromatic rings. The van der Waals surface area contributed by atoms with Crippen LogP contribution in [0.1, 0.15) is 48.2 Å². The third kappa shape index (κ3) is 4.14. The summed E-state index contributed by atoms with van der Waals surface area (Å²) in [5.41, 5.74) is 2.97. The number of aryl methyl sites for hydroxylation is 1. The molecule has 31 heavy (non-hydrogen) atoms. The maximum Gasteiger partial charge on any atom is 0.251 e. The van der Waals surface area contributed by atoms with E-state index in [1.807, 2.05) is 30.5 Å². The zero-order chi connectivity index (χ0) is 21.2. The molecule has 1 unspecified atom stereocenters. The van der Waals surface area contributed by atoms with Crippen LogP contribution >= 0.6 is 0 Å². The van der Waals surface area contributed by atoms with Crippen molar-refractivity contribution in [3.05, 3.63) is 54.0 Å². The molecular formula is C24H29N5O2. The third-order valence-corrected chi connectivity index (χ3v) is 6.48. The van der Waals surface area contributed by atoms with Gasteiger partial charge >= 0.3 is 0 Å². The Balaban J connectivity index is 1.23. The first-order valence-electron chi connectivity index (χ1n) is 11.3. The van der Waals surface area contributed by atoms with Crippen LogP contribution in [-0.4, -0.2) is 52.8 Å². The molecule has 7 nitrogen and oxygen atoms in total. The first-order chi connectivity index (χ1) is 15.2. The van der Waals surface area contributed by atoms with E-state index in [4.69, 9.17) is 9.72 Å². The van der Waals surface area contributed by atoms with Gasteiger partial charge in [0.25, 0.3) is 5.91 Å². The molecule has 0 bridgehead atoms. The Morgan fingerprint density at radius 2 is 2.06 bits per heavy atom. The molecule has 1 aromatic carbocycles. The Hall–Kier alpha value is -2.93. The highest BCUT2D eigenvalue weighted by Crippen LogP contribution is 2.27. The van der Waals surface area contributed by atoms with Crippen LogP contribution in [0.3, 0.4) is 0 Å². The van der Waals surface area contributed by atoms with E-state index in [2.05, 4.69) is 39.0 Å². The summed E-state index contributed by atoms with van der Waals surface area (Å²) < 4.78 is 7.65. The minimum atomic E-state index is -0.0186. The van der Waals surface area contributed by atoms with Crippen LogP contribution < -0.4 is 10.2 Å². The van der Waals surface area contributed by atoms with Gasteiger partial charge in [-0.05, 0) is 56.5 Å². The zero-order valence-corrected chi connectivity index (χ0v) is 18.0. The van der Waals surface area contributed by atoms with Crippen LogP contribution in [0.4, 0.5) is 5.95 Å². The summed E-state index contributed by atoms with van der Waals surface area (Å²) in [7, 11) is 0. The van der Waals surface area contributed by atoms with Gasteiger partial charge in [-0.25, -0.2) is 9.97 Å². The maximum atomic E-state index is 12.8. The number of hydrogen-bond acceptors (Lipinski definition) is 5. The molecule has 162 valence electrons. The Morgan fingerprint density at radius 3 is 2.90 bits per heavy atom. The minimum absolute atomic E-state index is 0.0186. The number of fused-ring (bicyclic) bond motifs is 1. The van der Waals surface area contributed by atoms with Crippen LogP contribution in [0.5, 0.6) is 0 Å². The van der Waals surface area contributed by atoms with Gasteiger partial charge in [0, 0.05) is 79.4 Å². The molecule has 2 aliphatic heterocycles. The standard InChI is InChI=1S/C24H29N5O2/c1-2-28-11-6-18-15-19(3-4-22(18)28)23(30)26-20-7-12-29(16-20)24-25-10-5-21(27-24)17-8-13-31-14-9-17/h3-6,10-11,15,17,20H,2,7-9,12-14,16H2,1H3,(H,26,30). The monoisotopic (exact) mass is 419 g/mol. The van der Waals surface area contributed by atoms with Crippen LogP contribution in [0.25, 0.3) is 10.9 Å². The highest BCUT2D eigenvalue weighted by atomic mass is 16.5. The van der Waals surface area contributed by atoms with Crippen LogP contribution in [0.2, 0.25) is 0 Å². The number of carbonyl (C=O) groups excluding carboxylic acids is 1. The lowest BCUT2D eigenvalue weighted by Crippen LogP contribution is -2.37. The fraction of sp³-hybridized carbons (Fsp3) is 0.458. The number of aromatic nitrogens is 3. The number of nitrogens with one attached hydrogen (secondary N) is 1. The molecule has 2 aromatic heterocycles. The van der Waals surface area contributed by atoms with Gasteiger partial charge in [0.2, 0.25) is 5.95 Å². The lowest BCUT2D eigenvalue weighted by molar-refractivity contribution is 0.0845. The van der Waals surface area contributed by atoms with Crippen LogP contribution in [0, 0.1) is 0 Å². The van der Waals surface area contributed by atoms with Gasteiger partial charge in [0.1, 0.15) is 0 Å². The second kappa shape index (κ2) is 8.67. The third-order valence-electron chi connectivity index (χ3n) is 6.48. The number of benzene rings is 1. The summed E-state index contributed by atoms with van der Waals surface area (Å²) in [6, 6.07) is 10.1. The number of nitrogens with zero attached hydrogens (tertiary/aromatic N) is 4. The van der Waals surface area contributed by atoms with Gasteiger partial charge in [0.15, 0.2) is 0 Å². The van der Waals surface area contributed by atoms with Gasteiger partial charge in [0.05, 0.1) is 0 Å². The molecule has 1 atom stereocenters. The number of rotatable bonds is 5. The molecule has 0 spiro atoms. The number of amides is 1. The van der Waals surface area contributed by atoms with E-state index in [-0.39, 0.29) is 11.9 Å². The Labute approximate surface area is 182 Å². The molecule has 1 N–H and O–H groups in total. The van der Waals surface area contributed by atoms with Gasteiger partial charge < -0.3 is 19.5 Å². The first kappa shape index (κ1) is 20.0. The predicted molar refractivity (Wildman–Crippen MR) is 121 cm³/mol. The molecule has 0 saturated carbocycles. The van der Waals surface area contributed by atoms with Crippen molar-refractivity contribution in [2.75, 3.05) is 31.2 Å². The fourth-order valence-electron chi connectivity index (χ4n) is 4.68. The molecule has 2 fully saturated rings. The maximum absolute atomic E-state index is 12.8. The first-order valence-corrected chi connectivity index (χ1v) is 11.3. The summed E-state index contributed by atoms with van der Waals surface area (Å²) in [4.78, 5) is 24.4. The van der Waals surface area contributed by atoms with E-state index < -0.39 is 0 Å². The smallest absolute Gasteiger partial charge is 0.251 e. The largest absolute Gasteiger partial charge is 0.381 e. The molecule has 5 rings (SSSR count). The van der Waals surface area contributed by atoms with Crippen LogP contribution in [-0.2, 0) is 11.3 Å². The average molecular weight is 420 g/mol. The number of carbonyl (C=O) groups is 1. The topological polar surface area (TPSA) is 72.3 Å². The predicted octanol–water partition coefficient (Wildman–Crippen LogP) is 3.35. The number of anilines is 1. The van der Waals surface area contributed by atoms with E-state index in [9.17, 15) is 4.79 Å². The molecule has 2 aliphatic rings. The summed E-state index contributed by atoms with van der Waals surface area (Å²) in [5.74, 6) is 1.20. The van der Waals surface area contributed by atoms with Crippen molar-refractivity contribution in [2.24, 2.45) is 0 Å². The van der Waals surface area contributed by atoms with Crippen molar-refractivity contribution < 1.29 is 9.53 Å². The van der Waals surface area contributed by atoms with Gasteiger partial charge in [-0.2, -0.15) is 0 Å². The van der Waals surface area contributed by atoms with E-state index in [1.165, 1.54) is 0 Å². The van der Waals surface area contributed by atoms with Crippen molar-refractivity contribution >= 4 is 22.8 Å². The number of ether oxygens (including phenoxy) is 1. The molecular weight excluding hydrogens is 390 g/mol. The average Bonchev–Trinajstić information content (AvgIpc) is 3.46. The normalized spacial score (nSPS) is 19.8. The van der Waals surface area contributed by atoms with Crippen molar-refractivity contribution in [2.45, 2.75) is 44.7 Å². The van der Waals surface area contributed by atoms with Crippen molar-refractivity contribution in [1.29, 1.82) is 0 Å². The Kier molecular flexibility index (Phi) is 5.59. The van der Waals surface area contributed by atoms with Crippen molar-refractivity contribution in [1.82, 2.24) is 19.9 Å². The fourth-order valence-corrected chi connectivity index (χ4v) is 4.68. The summed E-state index contributed by atoms with van der Waals surface area (Å²) in [6.07, 6.45) is 6.85. The molecule has 0 radical (unpaired) electrons. The molecule has 1 amide bonds. The lowest BCUT2D eigenvalue weighted by atomic mass is 9.96. The summed E-state index contributed by atoms with van der Waals surface area (Å²) >= 11 is 0. The highest BCUT2D eigenvalue weighted by Gasteiger charge is 2.27. The summed E-state index contributed by atoms with van der Waals surface area (Å²) in [6.45, 7) is 6.23. The number of hydrogen-bond donors (Lipinski definition) is 1. The second-order valence-electron chi connectivity index (χ2n) is 8.45. The lowest BCUT2D eigenvalue weighted by Gasteiger charge is -2.23. The molecule has 2 saturated heterocycles. The van der Waals surface area contributed by atoms with Gasteiger partial charge in [-0.3, -0.25) is 4.79 Å². The Morgan fingerprint density at radius 1 is 1.19 bits per heavy atom. The quantitative estimate of drug-likeness (QED) is 0.687. The molecule has 0 aliphatic carbocycles. The van der Waals surface area contributed by atoms with E-state index in [1.54, 1.807) is 0 Å². The van der Waals surface area contributed by atoms with Crippen molar-refractivity contribution in [3.63, 3.8) is 0 Å². The zero-order valence-electron chi connectivity index (χ0n) is 18.0. The molecule has 4 heterocycles.